The van der Waals surface area contributed by atoms with Crippen LogP contribution in [0.25, 0.3) is 11.0 Å². The van der Waals surface area contributed by atoms with Crippen LogP contribution in [0.3, 0.4) is 0 Å². The summed E-state index contributed by atoms with van der Waals surface area (Å²) in [5.41, 5.74) is 1.67. The predicted octanol–water partition coefficient (Wildman–Crippen LogP) is 1.43. The molecule has 0 radical (unpaired) electrons. The molecular weight excluding hydrogens is 270 g/mol. The Hall–Kier alpha value is -2.37. The van der Waals surface area contributed by atoms with Crippen LogP contribution in [-0.2, 0) is 16.0 Å². The van der Waals surface area contributed by atoms with E-state index in [0.717, 1.165) is 23.0 Å². The second kappa shape index (κ2) is 5.55. The summed E-state index contributed by atoms with van der Waals surface area (Å²) in [6.07, 6.45) is 5.17. The van der Waals surface area contributed by atoms with Gasteiger partial charge in [-0.3, -0.25) is 9.59 Å². The number of hydrogen-bond acceptors (Lipinski definition) is 3. The lowest BCUT2D eigenvalue weighted by Crippen LogP contribution is -2.42. The Bertz CT molecular complexity index is 680. The zero-order valence-corrected chi connectivity index (χ0v) is 11.6. The van der Waals surface area contributed by atoms with Gasteiger partial charge in [0, 0.05) is 30.9 Å². The van der Waals surface area contributed by atoms with E-state index in [-0.39, 0.29) is 12.3 Å². The van der Waals surface area contributed by atoms with Gasteiger partial charge in [0.2, 0.25) is 5.91 Å². The fraction of sp³-hybridized carbons (Fsp3) is 0.400. The Morgan fingerprint density at radius 3 is 3.14 bits per heavy atom. The lowest BCUT2D eigenvalue weighted by atomic mass is 9.97. The molecule has 3 rings (SSSR count). The van der Waals surface area contributed by atoms with Crippen molar-refractivity contribution < 1.29 is 14.7 Å². The van der Waals surface area contributed by atoms with Gasteiger partial charge in [0.15, 0.2) is 0 Å². The number of H-pyrrole nitrogens is 1. The molecular formula is C15H17N3O3. The Morgan fingerprint density at radius 1 is 1.48 bits per heavy atom. The standard InChI is InChI=1S/C15H17N3O3/c19-13(18-6-2-3-10(9-18)15(20)21)7-11-8-17-14-12(11)4-1-5-16-14/h1,4-5,8,10H,2-3,6-7,9H2,(H,16,17)(H,20,21)/t10-/m0/s1. The molecule has 0 bridgehead atoms. The second-order valence-electron chi connectivity index (χ2n) is 5.41. The molecule has 0 unspecified atom stereocenters. The SMILES string of the molecule is O=C(O)[C@H]1CCCN(C(=O)Cc2c[nH]c3ncccc23)C1. The number of aliphatic carboxylic acids is 1. The molecule has 1 atom stereocenters. The van der Waals surface area contributed by atoms with Gasteiger partial charge in [-0.1, -0.05) is 0 Å². The molecule has 1 amide bonds. The number of fused-ring (bicyclic) bond motifs is 1. The van der Waals surface area contributed by atoms with Crippen LogP contribution in [0.5, 0.6) is 0 Å². The van der Waals surface area contributed by atoms with Gasteiger partial charge in [0.25, 0.3) is 0 Å². The van der Waals surface area contributed by atoms with Crippen LogP contribution < -0.4 is 0 Å². The molecule has 3 heterocycles. The fourth-order valence-electron chi connectivity index (χ4n) is 2.84. The van der Waals surface area contributed by atoms with Crippen molar-refractivity contribution in [1.82, 2.24) is 14.9 Å². The highest BCUT2D eigenvalue weighted by Gasteiger charge is 2.28. The zero-order chi connectivity index (χ0) is 14.8. The molecule has 1 fully saturated rings. The Balaban J connectivity index is 1.72. The fourth-order valence-corrected chi connectivity index (χ4v) is 2.84. The number of carbonyl (C=O) groups is 2. The third-order valence-corrected chi connectivity index (χ3v) is 4.00. The first-order chi connectivity index (χ1) is 10.1. The second-order valence-corrected chi connectivity index (χ2v) is 5.41. The van der Waals surface area contributed by atoms with E-state index in [0.29, 0.717) is 19.5 Å². The first-order valence-electron chi connectivity index (χ1n) is 7.06. The third-order valence-electron chi connectivity index (χ3n) is 4.00. The summed E-state index contributed by atoms with van der Waals surface area (Å²) in [4.78, 5) is 32.3. The predicted molar refractivity (Wildman–Crippen MR) is 76.7 cm³/mol. The number of pyridine rings is 1. The lowest BCUT2D eigenvalue weighted by molar-refractivity contribution is -0.145. The van der Waals surface area contributed by atoms with E-state index in [9.17, 15) is 9.59 Å². The van der Waals surface area contributed by atoms with Gasteiger partial charge < -0.3 is 15.0 Å². The summed E-state index contributed by atoms with van der Waals surface area (Å²) in [5.74, 6) is -1.28. The highest BCUT2D eigenvalue weighted by molar-refractivity contribution is 5.87. The number of carboxylic acids is 1. The van der Waals surface area contributed by atoms with Gasteiger partial charge in [-0.2, -0.15) is 0 Å². The maximum absolute atomic E-state index is 12.4. The minimum absolute atomic E-state index is 0.0225. The molecule has 6 nitrogen and oxygen atoms in total. The average Bonchev–Trinajstić information content (AvgIpc) is 2.91. The van der Waals surface area contributed by atoms with Crippen molar-refractivity contribution in [3.05, 3.63) is 30.1 Å². The van der Waals surface area contributed by atoms with E-state index in [1.807, 2.05) is 12.1 Å². The lowest BCUT2D eigenvalue weighted by Gasteiger charge is -2.30. The van der Waals surface area contributed by atoms with Crippen molar-refractivity contribution in [2.45, 2.75) is 19.3 Å². The Morgan fingerprint density at radius 2 is 2.33 bits per heavy atom. The number of likely N-dealkylation sites (tertiary alicyclic amines) is 1. The Labute approximate surface area is 121 Å². The van der Waals surface area contributed by atoms with Gasteiger partial charge in [-0.15, -0.1) is 0 Å². The molecule has 1 aliphatic rings. The summed E-state index contributed by atoms with van der Waals surface area (Å²) >= 11 is 0. The van der Waals surface area contributed by atoms with Gasteiger partial charge >= 0.3 is 5.97 Å². The first-order valence-corrected chi connectivity index (χ1v) is 7.06. The first kappa shape index (κ1) is 13.6. The van der Waals surface area contributed by atoms with Crippen LogP contribution in [0.1, 0.15) is 18.4 Å². The van der Waals surface area contributed by atoms with Gasteiger partial charge in [-0.25, -0.2) is 4.98 Å². The van der Waals surface area contributed by atoms with Crippen molar-refractivity contribution in [1.29, 1.82) is 0 Å². The number of piperidine rings is 1. The number of hydrogen-bond donors (Lipinski definition) is 2. The summed E-state index contributed by atoms with van der Waals surface area (Å²) in [5, 5.41) is 10.0. The number of rotatable bonds is 3. The normalized spacial score (nSPS) is 18.9. The topological polar surface area (TPSA) is 86.3 Å². The number of carbonyl (C=O) groups excluding carboxylic acids is 1. The van der Waals surface area contributed by atoms with Crippen LogP contribution in [-0.4, -0.2) is 44.9 Å². The molecule has 2 aromatic heterocycles. The third kappa shape index (κ3) is 2.74. The number of carboxylic acid groups (broad SMARTS) is 1. The molecule has 2 aromatic rings. The smallest absolute Gasteiger partial charge is 0.308 e. The van der Waals surface area contributed by atoms with Crippen LogP contribution in [0.4, 0.5) is 0 Å². The molecule has 0 spiro atoms. The minimum Gasteiger partial charge on any atom is -0.481 e. The van der Waals surface area contributed by atoms with Crippen LogP contribution in [0, 0.1) is 5.92 Å². The maximum Gasteiger partial charge on any atom is 0.308 e. The molecule has 110 valence electrons. The molecule has 1 aliphatic heterocycles. The van der Waals surface area contributed by atoms with E-state index in [1.165, 1.54) is 0 Å². The van der Waals surface area contributed by atoms with E-state index in [1.54, 1.807) is 17.3 Å². The van der Waals surface area contributed by atoms with Gasteiger partial charge in [-0.05, 0) is 30.5 Å². The van der Waals surface area contributed by atoms with Crippen LogP contribution in [0.15, 0.2) is 24.5 Å². The van der Waals surface area contributed by atoms with Gasteiger partial charge in [0.05, 0.1) is 12.3 Å². The van der Waals surface area contributed by atoms with Crippen molar-refractivity contribution in [2.24, 2.45) is 5.92 Å². The van der Waals surface area contributed by atoms with Crippen LogP contribution >= 0.6 is 0 Å². The zero-order valence-electron chi connectivity index (χ0n) is 11.6. The molecule has 1 saturated heterocycles. The Kier molecular flexibility index (Phi) is 3.60. The monoisotopic (exact) mass is 287 g/mol. The average molecular weight is 287 g/mol. The molecule has 0 saturated carbocycles. The molecule has 21 heavy (non-hydrogen) atoms. The number of amides is 1. The summed E-state index contributed by atoms with van der Waals surface area (Å²) in [7, 11) is 0. The molecule has 2 N–H and O–H groups in total. The summed E-state index contributed by atoms with van der Waals surface area (Å²) < 4.78 is 0. The number of nitrogens with one attached hydrogen (secondary N) is 1. The van der Waals surface area contributed by atoms with Crippen molar-refractivity contribution >= 4 is 22.9 Å². The maximum atomic E-state index is 12.4. The highest BCUT2D eigenvalue weighted by atomic mass is 16.4. The number of nitrogens with zero attached hydrogens (tertiary/aromatic N) is 2. The van der Waals surface area contributed by atoms with Crippen molar-refractivity contribution in [3.8, 4) is 0 Å². The molecule has 6 heteroatoms. The largest absolute Gasteiger partial charge is 0.481 e. The molecule has 0 aliphatic carbocycles. The molecule has 0 aromatic carbocycles. The van der Waals surface area contributed by atoms with E-state index in [2.05, 4.69) is 9.97 Å². The number of aromatic amines is 1. The minimum atomic E-state index is -0.816. The van der Waals surface area contributed by atoms with E-state index >= 15 is 0 Å². The quantitative estimate of drug-likeness (QED) is 0.894. The summed E-state index contributed by atoms with van der Waals surface area (Å²) in [6.45, 7) is 0.956. The van der Waals surface area contributed by atoms with E-state index < -0.39 is 11.9 Å². The highest BCUT2D eigenvalue weighted by Crippen LogP contribution is 2.20. The van der Waals surface area contributed by atoms with Crippen molar-refractivity contribution in [2.75, 3.05) is 13.1 Å². The van der Waals surface area contributed by atoms with Gasteiger partial charge in [0.1, 0.15) is 5.65 Å². The van der Waals surface area contributed by atoms with Crippen LogP contribution in [0.2, 0.25) is 0 Å². The van der Waals surface area contributed by atoms with E-state index in [4.69, 9.17) is 5.11 Å². The number of aromatic nitrogens is 2. The van der Waals surface area contributed by atoms with Crippen molar-refractivity contribution in [3.63, 3.8) is 0 Å². The summed E-state index contributed by atoms with van der Waals surface area (Å²) in [6, 6.07) is 3.77.